The van der Waals surface area contributed by atoms with Gasteiger partial charge in [0.15, 0.2) is 0 Å². The number of sulfonamides is 1. The number of anilines is 1. The molecule has 3 aromatic carbocycles. The SMILES string of the molecule is CCCNC(=O)[C@H](CC)N(Cc1ccc(F)cc1)C(=O)CN(c1ccc(F)c(Cl)c1)S(=O)(=O)c1ccccc1. The van der Waals surface area contributed by atoms with Gasteiger partial charge in [-0.15, -0.1) is 0 Å². The molecule has 3 aromatic rings. The Labute approximate surface area is 232 Å². The van der Waals surface area contributed by atoms with Crippen LogP contribution < -0.4 is 9.62 Å². The molecule has 0 spiro atoms. The van der Waals surface area contributed by atoms with Crippen LogP contribution in [0.15, 0.2) is 77.7 Å². The van der Waals surface area contributed by atoms with E-state index in [0.29, 0.717) is 18.5 Å². The zero-order valence-electron chi connectivity index (χ0n) is 21.6. The fraction of sp³-hybridized carbons (Fsp3) is 0.286. The lowest BCUT2D eigenvalue weighted by atomic mass is 10.1. The molecule has 0 fully saturated rings. The Kier molecular flexibility index (Phi) is 10.4. The average molecular weight is 578 g/mol. The lowest BCUT2D eigenvalue weighted by molar-refractivity contribution is -0.140. The first-order chi connectivity index (χ1) is 18.6. The summed E-state index contributed by atoms with van der Waals surface area (Å²) in [5.74, 6) is -2.28. The topological polar surface area (TPSA) is 86.8 Å². The summed E-state index contributed by atoms with van der Waals surface area (Å²) < 4.78 is 55.7. The van der Waals surface area contributed by atoms with Crippen molar-refractivity contribution in [2.45, 2.75) is 44.2 Å². The zero-order valence-corrected chi connectivity index (χ0v) is 23.2. The number of hydrogen-bond donors (Lipinski definition) is 1. The van der Waals surface area contributed by atoms with Gasteiger partial charge in [0.25, 0.3) is 10.0 Å². The molecule has 0 saturated heterocycles. The molecule has 0 saturated carbocycles. The van der Waals surface area contributed by atoms with Crippen LogP contribution >= 0.6 is 11.6 Å². The Hall–Kier alpha value is -3.50. The summed E-state index contributed by atoms with van der Waals surface area (Å²) in [5.41, 5.74) is 0.526. The molecule has 1 N–H and O–H groups in total. The van der Waals surface area contributed by atoms with Crippen molar-refractivity contribution in [2.24, 2.45) is 0 Å². The van der Waals surface area contributed by atoms with Crippen molar-refractivity contribution in [3.63, 3.8) is 0 Å². The second-order valence-corrected chi connectivity index (χ2v) is 11.1. The molecule has 0 aliphatic carbocycles. The summed E-state index contributed by atoms with van der Waals surface area (Å²) in [6.45, 7) is 3.26. The van der Waals surface area contributed by atoms with E-state index in [1.54, 1.807) is 13.0 Å². The standard InChI is InChI=1S/C28H30ClF2N3O4S/c1-3-16-32-28(36)26(4-2)33(18-20-10-12-21(30)13-11-20)27(35)19-34(22-14-15-25(31)24(29)17-22)39(37,38)23-8-6-5-7-9-23/h5-15,17,26H,3-4,16,18-19H2,1-2H3,(H,32,36)/t26-/m0/s1. The van der Waals surface area contributed by atoms with Crippen molar-refractivity contribution in [1.82, 2.24) is 10.2 Å². The van der Waals surface area contributed by atoms with E-state index >= 15 is 0 Å². The number of carbonyl (C=O) groups excluding carboxylic acids is 2. The Morgan fingerprint density at radius 3 is 2.23 bits per heavy atom. The van der Waals surface area contributed by atoms with Crippen LogP contribution in [0, 0.1) is 11.6 Å². The monoisotopic (exact) mass is 577 g/mol. The number of hydrogen-bond acceptors (Lipinski definition) is 4. The molecule has 0 bridgehead atoms. The number of amides is 2. The highest BCUT2D eigenvalue weighted by Gasteiger charge is 2.33. The largest absolute Gasteiger partial charge is 0.354 e. The Bertz CT molecular complexity index is 1390. The normalized spacial score (nSPS) is 12.0. The van der Waals surface area contributed by atoms with Crippen LogP contribution in [0.5, 0.6) is 0 Å². The van der Waals surface area contributed by atoms with Gasteiger partial charge in [-0.25, -0.2) is 17.2 Å². The Morgan fingerprint density at radius 1 is 0.974 bits per heavy atom. The molecule has 0 radical (unpaired) electrons. The number of nitrogens with one attached hydrogen (secondary N) is 1. The van der Waals surface area contributed by atoms with Crippen molar-refractivity contribution in [2.75, 3.05) is 17.4 Å². The predicted molar refractivity (Wildman–Crippen MR) is 147 cm³/mol. The second-order valence-electron chi connectivity index (χ2n) is 8.79. The highest BCUT2D eigenvalue weighted by atomic mass is 35.5. The number of carbonyl (C=O) groups is 2. The molecule has 3 rings (SSSR count). The molecule has 0 unspecified atom stereocenters. The van der Waals surface area contributed by atoms with Crippen LogP contribution in [0.4, 0.5) is 14.5 Å². The third-order valence-electron chi connectivity index (χ3n) is 6.00. The molecule has 2 amide bonds. The summed E-state index contributed by atoms with van der Waals surface area (Å²) in [7, 11) is -4.30. The van der Waals surface area contributed by atoms with Crippen molar-refractivity contribution in [1.29, 1.82) is 0 Å². The highest BCUT2D eigenvalue weighted by molar-refractivity contribution is 7.92. The van der Waals surface area contributed by atoms with Gasteiger partial charge >= 0.3 is 0 Å². The predicted octanol–water partition coefficient (Wildman–Crippen LogP) is 5.15. The van der Waals surface area contributed by atoms with Gasteiger partial charge in [-0.05, 0) is 60.9 Å². The van der Waals surface area contributed by atoms with Gasteiger partial charge in [0.05, 0.1) is 15.6 Å². The van der Waals surface area contributed by atoms with Gasteiger partial charge in [-0.1, -0.05) is 55.8 Å². The molecule has 0 heterocycles. The van der Waals surface area contributed by atoms with E-state index in [0.717, 1.165) is 16.4 Å². The molecule has 7 nitrogen and oxygen atoms in total. The molecule has 11 heteroatoms. The quantitative estimate of drug-likeness (QED) is 0.323. The summed E-state index contributed by atoms with van der Waals surface area (Å²) in [5, 5.41) is 2.47. The van der Waals surface area contributed by atoms with Gasteiger partial charge in [0, 0.05) is 13.1 Å². The van der Waals surface area contributed by atoms with Crippen molar-refractivity contribution in [3.8, 4) is 0 Å². The van der Waals surface area contributed by atoms with E-state index < -0.39 is 46.1 Å². The van der Waals surface area contributed by atoms with Crippen molar-refractivity contribution in [3.05, 3.63) is 95.0 Å². The molecule has 0 aliphatic heterocycles. The van der Waals surface area contributed by atoms with Crippen LogP contribution in [-0.2, 0) is 26.2 Å². The van der Waals surface area contributed by atoms with E-state index in [9.17, 15) is 26.8 Å². The fourth-order valence-electron chi connectivity index (χ4n) is 3.96. The number of benzene rings is 3. The molecule has 1 atom stereocenters. The van der Waals surface area contributed by atoms with Crippen LogP contribution in [0.25, 0.3) is 0 Å². The fourth-order valence-corrected chi connectivity index (χ4v) is 5.56. The molecule has 39 heavy (non-hydrogen) atoms. The van der Waals surface area contributed by atoms with Gasteiger partial charge in [-0.3, -0.25) is 13.9 Å². The molecular formula is C28H30ClF2N3O4S. The maximum absolute atomic E-state index is 13.9. The Morgan fingerprint density at radius 2 is 1.64 bits per heavy atom. The first-order valence-electron chi connectivity index (χ1n) is 12.4. The van der Waals surface area contributed by atoms with E-state index in [4.69, 9.17) is 11.6 Å². The second kappa shape index (κ2) is 13.5. The molecule has 0 aromatic heterocycles. The molecular weight excluding hydrogens is 548 g/mol. The smallest absolute Gasteiger partial charge is 0.264 e. The molecule has 208 valence electrons. The minimum absolute atomic E-state index is 0.0242. The number of halogens is 3. The first kappa shape index (κ1) is 30.0. The van der Waals surface area contributed by atoms with Crippen molar-refractivity contribution < 1.29 is 26.8 Å². The minimum Gasteiger partial charge on any atom is -0.354 e. The number of rotatable bonds is 12. The lowest BCUT2D eigenvalue weighted by Crippen LogP contribution is -2.52. The number of nitrogens with zero attached hydrogens (tertiary/aromatic N) is 2. The lowest BCUT2D eigenvalue weighted by Gasteiger charge is -2.33. The van der Waals surface area contributed by atoms with Gasteiger partial charge in [0.2, 0.25) is 11.8 Å². The van der Waals surface area contributed by atoms with E-state index in [-0.39, 0.29) is 28.6 Å². The third kappa shape index (κ3) is 7.54. The van der Waals surface area contributed by atoms with Crippen LogP contribution in [0.3, 0.4) is 0 Å². The minimum atomic E-state index is -4.30. The Balaban J connectivity index is 2.06. The first-order valence-corrected chi connectivity index (χ1v) is 14.2. The van der Waals surface area contributed by atoms with Crippen LogP contribution in [-0.4, -0.2) is 44.3 Å². The maximum Gasteiger partial charge on any atom is 0.264 e. The zero-order chi connectivity index (χ0) is 28.6. The van der Waals surface area contributed by atoms with Gasteiger partial charge in [0.1, 0.15) is 24.2 Å². The summed E-state index contributed by atoms with van der Waals surface area (Å²) in [6.07, 6.45) is 0.929. The third-order valence-corrected chi connectivity index (χ3v) is 8.08. The highest BCUT2D eigenvalue weighted by Crippen LogP contribution is 2.28. The van der Waals surface area contributed by atoms with Gasteiger partial charge < -0.3 is 10.2 Å². The van der Waals surface area contributed by atoms with E-state index in [2.05, 4.69) is 5.32 Å². The average Bonchev–Trinajstić information content (AvgIpc) is 2.93. The van der Waals surface area contributed by atoms with Crippen molar-refractivity contribution >= 4 is 39.1 Å². The van der Waals surface area contributed by atoms with Gasteiger partial charge in [-0.2, -0.15) is 0 Å². The van der Waals surface area contributed by atoms with Crippen LogP contribution in [0.1, 0.15) is 32.3 Å². The summed E-state index contributed by atoms with van der Waals surface area (Å²) in [6, 6.07) is 15.4. The van der Waals surface area contributed by atoms with E-state index in [1.165, 1.54) is 59.5 Å². The maximum atomic E-state index is 13.9. The van der Waals surface area contributed by atoms with Crippen LogP contribution in [0.2, 0.25) is 5.02 Å². The summed E-state index contributed by atoms with van der Waals surface area (Å²) >= 11 is 5.96. The summed E-state index contributed by atoms with van der Waals surface area (Å²) in [4.78, 5) is 28.1. The molecule has 0 aliphatic rings. The van der Waals surface area contributed by atoms with E-state index in [1.807, 2.05) is 6.92 Å².